The number of unbranched alkanes of at least 4 members (excludes halogenated alkanes) is 10. The molecule has 1 rings (SSSR count). The van der Waals surface area contributed by atoms with Gasteiger partial charge in [0.15, 0.2) is 12.4 Å². The van der Waals surface area contributed by atoms with Gasteiger partial charge in [-0.3, -0.25) is 9.59 Å². The second-order valence-electron chi connectivity index (χ2n) is 14.0. The molecular formula is C45H74O9. The van der Waals surface area contributed by atoms with Crippen LogP contribution in [-0.2, 0) is 28.5 Å². The Kier molecular flexibility index (Phi) is 31.6. The highest BCUT2D eigenvalue weighted by Gasteiger charge is 2.42. The molecule has 3 N–H and O–H groups in total. The smallest absolute Gasteiger partial charge is 0.306 e. The molecule has 0 radical (unpaired) electrons. The molecule has 0 aromatic rings. The minimum atomic E-state index is -1.49. The number of carbonyl (C=O) groups excluding carboxylic acids is 2. The summed E-state index contributed by atoms with van der Waals surface area (Å²) in [5.74, 6) is -0.787. The largest absolute Gasteiger partial charge is 0.462 e. The number of carbonyl (C=O) groups is 2. The highest BCUT2D eigenvalue weighted by molar-refractivity contribution is 5.70. The molecule has 0 saturated carbocycles. The van der Waals surface area contributed by atoms with E-state index < -0.39 is 42.8 Å². The second kappa shape index (κ2) is 34.7. The molecule has 54 heavy (non-hydrogen) atoms. The molecule has 0 amide bonds. The van der Waals surface area contributed by atoms with Gasteiger partial charge in [0.25, 0.3) is 0 Å². The van der Waals surface area contributed by atoms with E-state index >= 15 is 0 Å². The molecule has 0 aliphatic carbocycles. The molecule has 1 aliphatic rings. The highest BCUT2D eigenvalue weighted by Crippen LogP contribution is 2.22. The van der Waals surface area contributed by atoms with Gasteiger partial charge < -0.3 is 34.3 Å². The van der Waals surface area contributed by atoms with Gasteiger partial charge in [-0.05, 0) is 84.0 Å². The second-order valence-corrected chi connectivity index (χ2v) is 14.0. The van der Waals surface area contributed by atoms with Gasteiger partial charge in [0.1, 0.15) is 24.9 Å². The number of esters is 2. The molecule has 9 heteroatoms. The number of hydrogen-bond donors (Lipinski definition) is 3. The van der Waals surface area contributed by atoms with Crippen molar-refractivity contribution in [1.29, 1.82) is 0 Å². The lowest BCUT2D eigenvalue weighted by atomic mass is 10.0. The maximum absolute atomic E-state index is 12.7. The Morgan fingerprint density at radius 2 is 1.00 bits per heavy atom. The maximum atomic E-state index is 12.7. The predicted octanol–water partition coefficient (Wildman–Crippen LogP) is 9.46. The number of ether oxygens (including phenoxy) is 4. The summed E-state index contributed by atoms with van der Waals surface area (Å²) in [6, 6.07) is 0. The first kappa shape index (κ1) is 49.2. The summed E-state index contributed by atoms with van der Waals surface area (Å²) in [7, 11) is 0. The number of aliphatic hydroxyl groups excluding tert-OH is 3. The minimum Gasteiger partial charge on any atom is -0.462 e. The topological polar surface area (TPSA) is 132 Å². The van der Waals surface area contributed by atoms with Crippen molar-refractivity contribution in [1.82, 2.24) is 0 Å². The van der Waals surface area contributed by atoms with Crippen molar-refractivity contribution in [3.05, 3.63) is 72.9 Å². The molecule has 0 bridgehead atoms. The number of allylic oxidation sites excluding steroid dienone is 12. The van der Waals surface area contributed by atoms with Crippen LogP contribution in [0.1, 0.15) is 149 Å². The quantitative estimate of drug-likeness (QED) is 0.0349. The van der Waals surface area contributed by atoms with E-state index in [1.807, 2.05) is 0 Å². The van der Waals surface area contributed by atoms with Crippen LogP contribution in [0.15, 0.2) is 72.9 Å². The van der Waals surface area contributed by atoms with Crippen molar-refractivity contribution >= 4 is 11.9 Å². The Bertz CT molecular complexity index is 1110. The molecule has 0 aromatic heterocycles. The summed E-state index contributed by atoms with van der Waals surface area (Å²) in [5, 5.41) is 30.5. The SMILES string of the molecule is CC/C=C\C/C=C\C/C=C\CCCCCCCC(=O)OC[C@H](CO[C@@H]1O[C@@H](C)[C@H](O)[C@@H](O)[C@H]1O)OC(=O)CCCCCCC/C=C\C/C=C\C/C=C\CC. The van der Waals surface area contributed by atoms with Crippen LogP contribution in [0.3, 0.4) is 0 Å². The van der Waals surface area contributed by atoms with Crippen molar-refractivity contribution < 1.29 is 43.9 Å². The lowest BCUT2D eigenvalue weighted by Gasteiger charge is -2.39. The van der Waals surface area contributed by atoms with Crippen LogP contribution >= 0.6 is 0 Å². The molecule has 6 atom stereocenters. The van der Waals surface area contributed by atoms with Gasteiger partial charge in [-0.1, -0.05) is 125 Å². The minimum absolute atomic E-state index is 0.190. The van der Waals surface area contributed by atoms with E-state index in [0.29, 0.717) is 6.42 Å². The molecule has 0 aromatic carbocycles. The van der Waals surface area contributed by atoms with Gasteiger partial charge in [-0.15, -0.1) is 0 Å². The molecule has 0 unspecified atom stereocenters. The molecule has 308 valence electrons. The molecule has 1 heterocycles. The van der Waals surface area contributed by atoms with E-state index in [2.05, 4.69) is 86.8 Å². The first-order valence-electron chi connectivity index (χ1n) is 20.9. The fraction of sp³-hybridized carbons (Fsp3) is 0.689. The van der Waals surface area contributed by atoms with Gasteiger partial charge in [0.05, 0.1) is 12.7 Å². The number of aliphatic hydroxyl groups is 3. The normalized spacial score (nSPS) is 21.5. The number of rotatable bonds is 32. The summed E-state index contributed by atoms with van der Waals surface area (Å²) in [4.78, 5) is 25.2. The summed E-state index contributed by atoms with van der Waals surface area (Å²) in [5.41, 5.74) is 0. The average Bonchev–Trinajstić information content (AvgIpc) is 3.16. The highest BCUT2D eigenvalue weighted by atomic mass is 16.7. The molecule has 1 aliphatic heterocycles. The third-order valence-corrected chi connectivity index (χ3v) is 9.05. The Balaban J connectivity index is 2.35. The van der Waals surface area contributed by atoms with Crippen LogP contribution in [0.25, 0.3) is 0 Å². The molecular weight excluding hydrogens is 684 g/mol. The van der Waals surface area contributed by atoms with Crippen molar-refractivity contribution in [2.75, 3.05) is 13.2 Å². The lowest BCUT2D eigenvalue weighted by Crippen LogP contribution is -2.57. The standard InChI is InChI=1S/C45H74O9/c1-4-6-8-10-12-14-16-18-20-22-24-26-28-30-32-34-40(46)51-36-39(37-52-45-44(50)43(49)42(48)38(3)53-45)54-41(47)35-33-31-29-27-25-23-21-19-17-15-13-11-9-7-5-2/h6-9,12-15,18-21,38-39,42-45,48-50H,4-5,10-11,16-17,22-37H2,1-3H3/b8-6-,9-7-,14-12-,15-13-,20-18-,21-19-/t38-,39+,42-,43+,44+,45+/m0/s1. The average molecular weight is 759 g/mol. The van der Waals surface area contributed by atoms with Crippen LogP contribution in [0.2, 0.25) is 0 Å². The van der Waals surface area contributed by atoms with Crippen molar-refractivity contribution in [2.24, 2.45) is 0 Å². The summed E-state index contributed by atoms with van der Waals surface area (Å²) in [6.45, 7) is 5.43. The predicted molar refractivity (Wildman–Crippen MR) is 218 cm³/mol. The van der Waals surface area contributed by atoms with E-state index in [9.17, 15) is 24.9 Å². The number of hydrogen-bond acceptors (Lipinski definition) is 9. The van der Waals surface area contributed by atoms with Crippen molar-refractivity contribution in [2.45, 2.75) is 186 Å². The van der Waals surface area contributed by atoms with Gasteiger partial charge in [-0.2, -0.15) is 0 Å². The molecule has 1 fully saturated rings. The van der Waals surface area contributed by atoms with Crippen LogP contribution < -0.4 is 0 Å². The van der Waals surface area contributed by atoms with Crippen LogP contribution in [0.4, 0.5) is 0 Å². The Labute approximate surface area is 327 Å². The summed E-state index contributed by atoms with van der Waals surface area (Å²) < 4.78 is 22.3. The third kappa shape index (κ3) is 26.9. The first-order chi connectivity index (χ1) is 26.3. The van der Waals surface area contributed by atoms with Crippen LogP contribution in [0.5, 0.6) is 0 Å². The lowest BCUT2D eigenvalue weighted by molar-refractivity contribution is -0.297. The third-order valence-electron chi connectivity index (χ3n) is 9.05. The fourth-order valence-corrected chi connectivity index (χ4v) is 5.75. The van der Waals surface area contributed by atoms with Crippen LogP contribution in [0, 0.1) is 0 Å². The monoisotopic (exact) mass is 759 g/mol. The Morgan fingerprint density at radius 3 is 1.52 bits per heavy atom. The van der Waals surface area contributed by atoms with E-state index in [4.69, 9.17) is 18.9 Å². The van der Waals surface area contributed by atoms with Crippen molar-refractivity contribution in [3.63, 3.8) is 0 Å². The van der Waals surface area contributed by atoms with Crippen LogP contribution in [-0.4, -0.2) is 77.3 Å². The Morgan fingerprint density at radius 1 is 0.556 bits per heavy atom. The van der Waals surface area contributed by atoms with Gasteiger partial charge in [-0.25, -0.2) is 0 Å². The summed E-state index contributed by atoms with van der Waals surface area (Å²) >= 11 is 0. The fourth-order valence-electron chi connectivity index (χ4n) is 5.75. The molecule has 0 spiro atoms. The van der Waals surface area contributed by atoms with Gasteiger partial charge >= 0.3 is 11.9 Å². The zero-order chi connectivity index (χ0) is 39.5. The van der Waals surface area contributed by atoms with Gasteiger partial charge in [0.2, 0.25) is 0 Å². The summed E-state index contributed by atoms with van der Waals surface area (Å²) in [6.07, 6.45) is 37.7. The maximum Gasteiger partial charge on any atom is 0.306 e. The molecule has 1 saturated heterocycles. The zero-order valence-corrected chi connectivity index (χ0v) is 33.7. The van der Waals surface area contributed by atoms with Gasteiger partial charge in [0, 0.05) is 12.8 Å². The zero-order valence-electron chi connectivity index (χ0n) is 33.7. The Hall–Kier alpha value is -2.82. The van der Waals surface area contributed by atoms with E-state index in [-0.39, 0.29) is 32.0 Å². The van der Waals surface area contributed by atoms with Crippen molar-refractivity contribution in [3.8, 4) is 0 Å². The molecule has 9 nitrogen and oxygen atoms in total. The van der Waals surface area contributed by atoms with E-state index in [0.717, 1.165) is 109 Å². The van der Waals surface area contributed by atoms with E-state index in [1.54, 1.807) is 6.92 Å². The first-order valence-corrected chi connectivity index (χ1v) is 20.9. The van der Waals surface area contributed by atoms with E-state index in [1.165, 1.54) is 0 Å².